The highest BCUT2D eigenvalue weighted by Crippen LogP contribution is 2.23. The van der Waals surface area contributed by atoms with Crippen molar-refractivity contribution in [2.75, 3.05) is 32.1 Å². The first-order chi connectivity index (χ1) is 10.8. The highest BCUT2D eigenvalue weighted by atomic mass is 35.5. The molecule has 1 aliphatic heterocycles. The third-order valence-corrected chi connectivity index (χ3v) is 6.43. The molecule has 23 heavy (non-hydrogen) atoms. The van der Waals surface area contributed by atoms with Crippen molar-refractivity contribution in [2.45, 2.75) is 13.0 Å². The second kappa shape index (κ2) is 7.73. The molecule has 128 valence electrons. The third kappa shape index (κ3) is 5.26. The fourth-order valence-electron chi connectivity index (χ4n) is 2.64. The number of sulfone groups is 1. The maximum absolute atomic E-state index is 11.5. The van der Waals surface area contributed by atoms with Crippen molar-refractivity contribution in [3.05, 3.63) is 33.8 Å². The highest BCUT2D eigenvalue weighted by molar-refractivity contribution is 7.91. The first-order valence-electron chi connectivity index (χ1n) is 7.37. The number of nitrogens with one attached hydrogen (secondary N) is 1. The van der Waals surface area contributed by atoms with Crippen LogP contribution in [0.2, 0.25) is 10.0 Å². The van der Waals surface area contributed by atoms with Crippen LogP contribution in [-0.4, -0.2) is 51.4 Å². The minimum absolute atomic E-state index is 0.148. The molecule has 0 spiro atoms. The molecular weight excluding hydrogens is 357 g/mol. The molecule has 1 saturated heterocycles. The largest absolute Gasteiger partial charge is 0.356 e. The van der Waals surface area contributed by atoms with Gasteiger partial charge >= 0.3 is 0 Å². The van der Waals surface area contributed by atoms with Crippen LogP contribution in [-0.2, 0) is 16.4 Å². The molecule has 0 radical (unpaired) electrons. The van der Waals surface area contributed by atoms with Gasteiger partial charge in [-0.25, -0.2) is 8.42 Å². The summed E-state index contributed by atoms with van der Waals surface area (Å²) in [5, 5.41) is 4.30. The normalized spacial score (nSPS) is 20.5. The number of aliphatic imine (C=N–C) groups is 1. The van der Waals surface area contributed by atoms with Gasteiger partial charge in [0.05, 0.1) is 21.6 Å². The molecule has 1 fully saturated rings. The van der Waals surface area contributed by atoms with Crippen LogP contribution >= 0.6 is 23.2 Å². The number of hydrogen-bond donors (Lipinski definition) is 1. The Bertz CT molecular complexity index is 692. The van der Waals surface area contributed by atoms with Gasteiger partial charge in [-0.2, -0.15) is 0 Å². The zero-order chi connectivity index (χ0) is 17.0. The van der Waals surface area contributed by atoms with E-state index in [1.807, 2.05) is 24.1 Å². The molecule has 8 heteroatoms. The van der Waals surface area contributed by atoms with Crippen LogP contribution in [0.1, 0.15) is 12.0 Å². The Morgan fingerprint density at radius 2 is 2.13 bits per heavy atom. The van der Waals surface area contributed by atoms with Crippen molar-refractivity contribution in [3.63, 3.8) is 0 Å². The van der Waals surface area contributed by atoms with Gasteiger partial charge in [-0.05, 0) is 30.0 Å². The van der Waals surface area contributed by atoms with Crippen LogP contribution in [0.15, 0.2) is 23.2 Å². The van der Waals surface area contributed by atoms with E-state index in [2.05, 4.69) is 10.3 Å². The molecule has 2 rings (SSSR count). The summed E-state index contributed by atoms with van der Waals surface area (Å²) in [6.45, 7) is 1.23. The van der Waals surface area contributed by atoms with Gasteiger partial charge in [0.15, 0.2) is 15.8 Å². The van der Waals surface area contributed by atoms with E-state index in [9.17, 15) is 8.42 Å². The minimum atomic E-state index is -2.85. The number of halogens is 2. The van der Waals surface area contributed by atoms with Crippen molar-refractivity contribution in [2.24, 2.45) is 10.9 Å². The topological polar surface area (TPSA) is 61.8 Å². The van der Waals surface area contributed by atoms with Crippen molar-refractivity contribution < 1.29 is 8.42 Å². The van der Waals surface area contributed by atoms with Crippen molar-refractivity contribution >= 4 is 39.0 Å². The maximum Gasteiger partial charge on any atom is 0.193 e. The van der Waals surface area contributed by atoms with Gasteiger partial charge in [-0.3, -0.25) is 4.99 Å². The number of rotatable bonds is 4. The lowest BCUT2D eigenvalue weighted by molar-refractivity contribution is 0.463. The monoisotopic (exact) mass is 377 g/mol. The highest BCUT2D eigenvalue weighted by Gasteiger charge is 2.27. The standard InChI is InChI=1S/C15H21Cl2N3O2S/c1-18-15(19-8-12-5-6-23(21,22)10-12)20(2)9-11-3-4-13(16)14(17)7-11/h3-4,7,12H,5-6,8-10H2,1-2H3,(H,18,19). The van der Waals surface area contributed by atoms with Gasteiger partial charge in [0.25, 0.3) is 0 Å². The molecule has 1 unspecified atom stereocenters. The van der Waals surface area contributed by atoms with E-state index in [1.54, 1.807) is 13.1 Å². The number of benzene rings is 1. The Kier molecular flexibility index (Phi) is 6.17. The maximum atomic E-state index is 11.5. The summed E-state index contributed by atoms with van der Waals surface area (Å²) in [6, 6.07) is 5.52. The molecule has 1 aromatic rings. The molecule has 0 amide bonds. The Morgan fingerprint density at radius 1 is 1.39 bits per heavy atom. The average molecular weight is 378 g/mol. The van der Waals surface area contributed by atoms with Gasteiger partial charge < -0.3 is 10.2 Å². The summed E-state index contributed by atoms with van der Waals surface area (Å²) in [6.07, 6.45) is 0.711. The lowest BCUT2D eigenvalue weighted by Crippen LogP contribution is -2.40. The fraction of sp³-hybridized carbons (Fsp3) is 0.533. The second-order valence-corrected chi connectivity index (χ2v) is 8.84. The molecule has 1 heterocycles. The molecule has 1 aromatic carbocycles. The predicted molar refractivity (Wildman–Crippen MR) is 96.1 cm³/mol. The fourth-order valence-corrected chi connectivity index (χ4v) is 4.82. The number of hydrogen-bond acceptors (Lipinski definition) is 3. The van der Waals surface area contributed by atoms with E-state index in [4.69, 9.17) is 23.2 Å². The molecular formula is C15H21Cl2N3O2S. The van der Waals surface area contributed by atoms with Gasteiger partial charge in [-0.15, -0.1) is 0 Å². The number of guanidine groups is 1. The van der Waals surface area contributed by atoms with E-state index in [1.165, 1.54) is 0 Å². The van der Waals surface area contributed by atoms with Crippen LogP contribution in [0.5, 0.6) is 0 Å². The summed E-state index contributed by atoms with van der Waals surface area (Å²) in [5.41, 5.74) is 1.02. The molecule has 0 aromatic heterocycles. The van der Waals surface area contributed by atoms with Crippen molar-refractivity contribution in [1.29, 1.82) is 0 Å². The van der Waals surface area contributed by atoms with Crippen LogP contribution in [0.25, 0.3) is 0 Å². The Hall–Kier alpha value is -0.980. The van der Waals surface area contributed by atoms with Crippen LogP contribution in [0.3, 0.4) is 0 Å². The van der Waals surface area contributed by atoms with Gasteiger partial charge in [0.1, 0.15) is 0 Å². The van der Waals surface area contributed by atoms with Crippen LogP contribution in [0, 0.1) is 5.92 Å². The third-order valence-electron chi connectivity index (χ3n) is 3.85. The second-order valence-electron chi connectivity index (χ2n) is 5.80. The summed E-state index contributed by atoms with van der Waals surface area (Å²) in [4.78, 5) is 6.21. The molecule has 0 bridgehead atoms. The van der Waals surface area contributed by atoms with E-state index in [0.717, 1.165) is 11.5 Å². The Morgan fingerprint density at radius 3 is 2.70 bits per heavy atom. The average Bonchev–Trinajstić information content (AvgIpc) is 2.83. The Labute approximate surface area is 147 Å². The van der Waals surface area contributed by atoms with Crippen LogP contribution in [0.4, 0.5) is 0 Å². The molecule has 0 aliphatic carbocycles. The smallest absolute Gasteiger partial charge is 0.193 e. The molecule has 1 N–H and O–H groups in total. The summed E-state index contributed by atoms with van der Waals surface area (Å²) in [7, 11) is 0.779. The summed E-state index contributed by atoms with van der Waals surface area (Å²) >= 11 is 12.0. The summed E-state index contributed by atoms with van der Waals surface area (Å²) in [5.74, 6) is 1.42. The van der Waals surface area contributed by atoms with Gasteiger partial charge in [0, 0.05) is 27.2 Å². The molecule has 5 nitrogen and oxygen atoms in total. The van der Waals surface area contributed by atoms with Crippen molar-refractivity contribution in [1.82, 2.24) is 10.2 Å². The van der Waals surface area contributed by atoms with Crippen molar-refractivity contribution in [3.8, 4) is 0 Å². The number of nitrogens with zero attached hydrogens (tertiary/aromatic N) is 2. The van der Waals surface area contributed by atoms with Gasteiger partial charge in [-0.1, -0.05) is 29.3 Å². The van der Waals surface area contributed by atoms with E-state index in [0.29, 0.717) is 29.6 Å². The summed E-state index contributed by atoms with van der Waals surface area (Å²) < 4.78 is 23.0. The SMILES string of the molecule is CN=C(NCC1CCS(=O)(=O)C1)N(C)Cc1ccc(Cl)c(Cl)c1. The lowest BCUT2D eigenvalue weighted by Gasteiger charge is -2.23. The first-order valence-corrected chi connectivity index (χ1v) is 9.94. The zero-order valence-electron chi connectivity index (χ0n) is 13.2. The van der Waals surface area contributed by atoms with Crippen LogP contribution < -0.4 is 5.32 Å². The quantitative estimate of drug-likeness (QED) is 0.646. The predicted octanol–water partition coefficient (Wildman–Crippen LogP) is 2.44. The molecule has 1 atom stereocenters. The van der Waals surface area contributed by atoms with E-state index < -0.39 is 9.84 Å². The molecule has 0 saturated carbocycles. The zero-order valence-corrected chi connectivity index (χ0v) is 15.5. The lowest BCUT2D eigenvalue weighted by atomic mass is 10.1. The van der Waals surface area contributed by atoms with Gasteiger partial charge in [0.2, 0.25) is 0 Å². The first kappa shape index (κ1) is 18.4. The Balaban J connectivity index is 1.91. The van der Waals surface area contributed by atoms with E-state index in [-0.39, 0.29) is 17.4 Å². The molecule has 1 aliphatic rings. The minimum Gasteiger partial charge on any atom is -0.356 e. The van der Waals surface area contributed by atoms with E-state index >= 15 is 0 Å².